The zero-order chi connectivity index (χ0) is 21.5. The summed E-state index contributed by atoms with van der Waals surface area (Å²) in [5.74, 6) is 0. The topological polar surface area (TPSA) is 397 Å². The minimum Gasteiger partial charge on any atom is -0.356 e. The molecule has 24 nitrogen and oxygen atoms in total. The summed E-state index contributed by atoms with van der Waals surface area (Å²) in [6.45, 7) is 0. The first-order valence-electron chi connectivity index (χ1n) is 3.29. The van der Waals surface area contributed by atoms with Crippen LogP contribution in [0.1, 0.15) is 0 Å². The smallest absolute Gasteiger partial charge is 0.356 e. The molecule has 0 aromatic rings. The molecule has 0 amide bonds. The largest absolute Gasteiger partial charge is 4.00 e. The third-order valence-electron chi connectivity index (χ3n) is 0. The molecule has 27 heavy (non-hydrogen) atoms. The van der Waals surface area contributed by atoms with Gasteiger partial charge in [0.1, 0.15) is 0 Å². The summed E-state index contributed by atoms with van der Waals surface area (Å²) in [6, 6.07) is 0. The molecule has 0 N–H and O–H groups in total. The van der Waals surface area contributed by atoms with Gasteiger partial charge >= 0.3 is 156 Å². The first-order chi connectivity index (χ1) is 10.4. The Morgan fingerprint density at radius 1 is 0.296 bits per heavy atom. The van der Waals surface area contributed by atoms with Crippen molar-refractivity contribution in [1.82, 2.24) is 0 Å². The molecule has 144 valence electrons. The van der Waals surface area contributed by atoms with Gasteiger partial charge in [-0.25, -0.2) is 0 Å². The van der Waals surface area contributed by atoms with E-state index in [2.05, 4.69) is 0 Å². The maximum Gasteiger partial charge on any atom is 4.00 e. The number of rotatable bonds is 0. The van der Waals surface area contributed by atoms with E-state index in [0.717, 1.165) is 0 Å². The zero-order valence-corrected chi connectivity index (χ0v) is 26.5. The maximum absolute atomic E-state index is 8.25. The molecule has 0 atom stereocenters. The molecule has 27 heteroatoms. The van der Waals surface area contributed by atoms with Crippen molar-refractivity contribution in [3.8, 4) is 0 Å². The summed E-state index contributed by atoms with van der Waals surface area (Å²) in [4.78, 5) is 49.5. The normalized spacial score (nSPS) is 5.33. The van der Waals surface area contributed by atoms with E-state index in [9.17, 15) is 0 Å². The molecule has 0 aliphatic rings. The maximum atomic E-state index is 8.25. The van der Waals surface area contributed by atoms with Gasteiger partial charge in [-0.15, -0.1) is 0 Å². The van der Waals surface area contributed by atoms with Gasteiger partial charge < -0.3 is 91.9 Å². The van der Waals surface area contributed by atoms with Crippen LogP contribution in [0.2, 0.25) is 0 Å². The molecule has 0 aliphatic carbocycles. The van der Waals surface area contributed by atoms with Gasteiger partial charge in [-0.3, -0.25) is 0 Å². The van der Waals surface area contributed by atoms with Crippen molar-refractivity contribution in [2.75, 3.05) is 0 Å². The minimum atomic E-state index is -1.75. The van der Waals surface area contributed by atoms with Gasteiger partial charge in [0.05, 0.1) is 30.5 Å². The van der Waals surface area contributed by atoms with Crippen LogP contribution in [0, 0.1) is 132 Å². The average Bonchev–Trinajstić information content (AvgIpc) is 2.08. The fraction of sp³-hybridized carbons (Fsp3) is 0. The second-order valence-corrected chi connectivity index (χ2v) is 1.34. The van der Waals surface area contributed by atoms with E-state index in [0.29, 0.717) is 0 Å². The van der Waals surface area contributed by atoms with Crippen LogP contribution < -0.4 is 116 Å². The molecular formula is N6O18Rb2Th. The predicted molar refractivity (Wildman–Crippen MR) is 62.2 cm³/mol. The molecule has 0 unspecified atom stereocenters. The van der Waals surface area contributed by atoms with Crippen LogP contribution >= 0.6 is 0 Å². The van der Waals surface area contributed by atoms with Gasteiger partial charge in [-0.1, -0.05) is 0 Å². The summed E-state index contributed by atoms with van der Waals surface area (Å²) < 4.78 is 0. The molecule has 0 aliphatic heterocycles. The van der Waals surface area contributed by atoms with Crippen LogP contribution in [0.5, 0.6) is 0 Å². The molecule has 0 fully saturated rings. The van der Waals surface area contributed by atoms with E-state index in [4.69, 9.17) is 91.9 Å². The predicted octanol–water partition coefficient (Wildman–Crippen LogP) is -7.43. The third kappa shape index (κ3) is 835000. The standard InChI is InChI=1S/6NO3.2Rb.Th/c6*2-1(3)4;;;/q6*-1;2*+1;+4. The van der Waals surface area contributed by atoms with Crippen molar-refractivity contribution in [3.63, 3.8) is 0 Å². The van der Waals surface area contributed by atoms with Gasteiger partial charge in [0.15, 0.2) is 0 Å². The van der Waals surface area contributed by atoms with Crippen molar-refractivity contribution in [3.05, 3.63) is 91.9 Å². The molecule has 0 bridgehead atoms. The quantitative estimate of drug-likeness (QED) is 0.163. The molecule has 0 saturated carbocycles. The Morgan fingerprint density at radius 3 is 0.296 bits per heavy atom. The van der Waals surface area contributed by atoms with Crippen molar-refractivity contribution in [1.29, 1.82) is 0 Å². The van der Waals surface area contributed by atoms with Crippen molar-refractivity contribution < 1.29 is 187 Å². The first-order valence-corrected chi connectivity index (χ1v) is 3.29. The molecular weight excluding hydrogens is 775 g/mol. The van der Waals surface area contributed by atoms with Crippen LogP contribution in [0.4, 0.5) is 0 Å². The zero-order valence-electron chi connectivity index (χ0n) is 12.5. The fourth-order valence-electron chi connectivity index (χ4n) is 0. The van der Waals surface area contributed by atoms with Crippen LogP contribution in [-0.2, 0) is 0 Å². The Bertz CT molecular complexity index is 267. The monoisotopic (exact) mass is 774 g/mol. The Labute approximate surface area is 273 Å². The van der Waals surface area contributed by atoms with Gasteiger partial charge in [-0.2, -0.15) is 0 Å². The SMILES string of the molecule is O=[N+]([O-])[O-].O=[N+]([O-])[O-].O=[N+]([O-])[O-].O=[N+]([O-])[O-].O=[N+]([O-])[O-].O=[N+]([O-])[O-].[Rb+].[Rb+].[Th+4]. The number of hydrogen-bond acceptors (Lipinski definition) is 18. The number of hydrogen-bond donors (Lipinski definition) is 0. The summed E-state index contributed by atoms with van der Waals surface area (Å²) in [5, 5.41) is 88.5. The summed E-state index contributed by atoms with van der Waals surface area (Å²) in [7, 11) is 0. The van der Waals surface area contributed by atoms with E-state index in [-0.39, 0.29) is 156 Å². The summed E-state index contributed by atoms with van der Waals surface area (Å²) in [6.07, 6.45) is 0. The van der Waals surface area contributed by atoms with E-state index in [1.807, 2.05) is 0 Å². The molecule has 0 rings (SSSR count). The van der Waals surface area contributed by atoms with E-state index in [1.165, 1.54) is 0 Å². The minimum absolute atomic E-state index is 0. The van der Waals surface area contributed by atoms with Crippen molar-refractivity contribution in [2.45, 2.75) is 0 Å². The van der Waals surface area contributed by atoms with Gasteiger partial charge in [0, 0.05) is 0 Å². The van der Waals surface area contributed by atoms with E-state index >= 15 is 0 Å². The van der Waals surface area contributed by atoms with Crippen LogP contribution in [0.3, 0.4) is 0 Å². The van der Waals surface area contributed by atoms with Crippen LogP contribution in [0.25, 0.3) is 0 Å². The summed E-state index contributed by atoms with van der Waals surface area (Å²) >= 11 is 0. The second kappa shape index (κ2) is 50.2. The molecule has 0 spiro atoms. The van der Waals surface area contributed by atoms with Crippen LogP contribution in [0.15, 0.2) is 0 Å². The fourth-order valence-corrected chi connectivity index (χ4v) is 0. The Balaban J connectivity index is -0.0000000201. The first kappa shape index (κ1) is 56.4. The average molecular weight is 775 g/mol. The third-order valence-corrected chi connectivity index (χ3v) is 0. The molecule has 0 aromatic heterocycles. The molecule has 0 radical (unpaired) electrons. The van der Waals surface area contributed by atoms with Gasteiger partial charge in [-0.05, 0) is 0 Å². The van der Waals surface area contributed by atoms with Gasteiger partial charge in [0.2, 0.25) is 0 Å². The molecule has 0 saturated heterocycles. The number of nitrogens with zero attached hydrogens (tertiary/aromatic N) is 6. The molecule has 0 aromatic carbocycles. The Morgan fingerprint density at radius 2 is 0.296 bits per heavy atom. The molecule has 0 heterocycles. The Kier molecular flexibility index (Phi) is 105. The summed E-state index contributed by atoms with van der Waals surface area (Å²) in [5.41, 5.74) is 0. The van der Waals surface area contributed by atoms with E-state index < -0.39 is 30.5 Å². The van der Waals surface area contributed by atoms with Crippen molar-refractivity contribution in [2.24, 2.45) is 0 Å². The van der Waals surface area contributed by atoms with Crippen LogP contribution in [-0.4, -0.2) is 30.5 Å². The second-order valence-electron chi connectivity index (χ2n) is 1.34. The Hall–Kier alpha value is 0.135. The van der Waals surface area contributed by atoms with Gasteiger partial charge in [0.25, 0.3) is 0 Å². The van der Waals surface area contributed by atoms with Crippen molar-refractivity contribution >= 4 is 0 Å². The van der Waals surface area contributed by atoms with E-state index in [1.54, 1.807) is 0 Å².